The third-order valence-electron chi connectivity index (χ3n) is 2.92. The largest absolute Gasteiger partial charge is 0.370 e. The zero-order valence-electron chi connectivity index (χ0n) is 12.4. The number of hydrogen-bond acceptors (Lipinski definition) is 5. The van der Waals surface area contributed by atoms with E-state index in [-0.39, 0.29) is 4.90 Å². The first-order valence-electron chi connectivity index (χ1n) is 6.87. The Morgan fingerprint density at radius 3 is 2.70 bits per heavy atom. The van der Waals surface area contributed by atoms with Crippen LogP contribution in [-0.2, 0) is 10.0 Å². The van der Waals surface area contributed by atoms with Gasteiger partial charge in [0, 0.05) is 31.9 Å². The van der Waals surface area contributed by atoms with Gasteiger partial charge in [-0.3, -0.25) is 0 Å². The molecule has 0 aliphatic heterocycles. The molecule has 0 fully saturated rings. The average molecular weight is 300 g/mol. The van der Waals surface area contributed by atoms with Crippen LogP contribution in [0.5, 0.6) is 0 Å². The minimum Gasteiger partial charge on any atom is -0.370 e. The molecular formula is C13H24N4O2S. The summed E-state index contributed by atoms with van der Waals surface area (Å²) in [6, 6.07) is 3.06. The molecule has 1 heterocycles. The summed E-state index contributed by atoms with van der Waals surface area (Å²) in [4.78, 5) is 6.39. The minimum absolute atomic E-state index is 0.241. The third kappa shape index (κ3) is 5.44. The maximum absolute atomic E-state index is 12.1. The van der Waals surface area contributed by atoms with Crippen LogP contribution in [0.4, 0.5) is 5.82 Å². The van der Waals surface area contributed by atoms with Crippen LogP contribution >= 0.6 is 0 Å². The monoisotopic (exact) mass is 300 g/mol. The van der Waals surface area contributed by atoms with E-state index in [9.17, 15) is 8.42 Å². The molecule has 0 atom stereocenters. The van der Waals surface area contributed by atoms with Crippen LogP contribution in [0, 0.1) is 0 Å². The maximum Gasteiger partial charge on any atom is 0.240 e. The molecule has 1 rings (SSSR count). The van der Waals surface area contributed by atoms with Crippen molar-refractivity contribution < 1.29 is 8.42 Å². The lowest BCUT2D eigenvalue weighted by Crippen LogP contribution is -2.33. The van der Waals surface area contributed by atoms with Gasteiger partial charge >= 0.3 is 0 Å². The van der Waals surface area contributed by atoms with Crippen molar-refractivity contribution in [3.63, 3.8) is 0 Å². The Labute approximate surface area is 121 Å². The Balaban J connectivity index is 2.67. The van der Waals surface area contributed by atoms with Crippen LogP contribution in [-0.4, -0.2) is 51.5 Å². The molecule has 0 aliphatic rings. The van der Waals surface area contributed by atoms with E-state index >= 15 is 0 Å². The number of hydrogen-bond donors (Lipinski definition) is 2. The van der Waals surface area contributed by atoms with E-state index in [1.807, 2.05) is 25.8 Å². The fraction of sp³-hybridized carbons (Fsp3) is 0.615. The number of nitrogens with zero attached hydrogens (tertiary/aromatic N) is 2. The number of rotatable bonds is 9. The molecule has 1 aromatic heterocycles. The number of anilines is 1. The summed E-state index contributed by atoms with van der Waals surface area (Å²) >= 11 is 0. The van der Waals surface area contributed by atoms with Crippen molar-refractivity contribution in [1.29, 1.82) is 0 Å². The molecule has 6 nitrogen and oxygen atoms in total. The number of likely N-dealkylation sites (N-methyl/N-ethyl adjacent to an activating group) is 1. The fourth-order valence-electron chi connectivity index (χ4n) is 1.54. The molecule has 7 heteroatoms. The highest BCUT2D eigenvalue weighted by Crippen LogP contribution is 2.12. The summed E-state index contributed by atoms with van der Waals surface area (Å²) in [6.45, 7) is 6.81. The van der Waals surface area contributed by atoms with Gasteiger partial charge in [-0.05, 0) is 26.1 Å². The van der Waals surface area contributed by atoms with Gasteiger partial charge in [0.05, 0.1) is 4.90 Å². The Hall–Kier alpha value is -1.18. The van der Waals surface area contributed by atoms with E-state index in [1.165, 1.54) is 12.3 Å². The number of nitrogens with one attached hydrogen (secondary N) is 2. The van der Waals surface area contributed by atoms with E-state index in [0.717, 1.165) is 19.5 Å². The zero-order chi connectivity index (χ0) is 15.0. The second-order valence-corrected chi connectivity index (χ2v) is 6.36. The highest BCUT2D eigenvalue weighted by Gasteiger charge is 2.14. The van der Waals surface area contributed by atoms with Gasteiger partial charge < -0.3 is 10.2 Å². The summed E-state index contributed by atoms with van der Waals surface area (Å²) in [5, 5.41) is 3.08. The first-order chi connectivity index (χ1) is 9.49. The molecule has 0 aromatic carbocycles. The topological polar surface area (TPSA) is 74.3 Å². The van der Waals surface area contributed by atoms with Crippen LogP contribution in [0.15, 0.2) is 23.2 Å². The molecule has 0 saturated carbocycles. The van der Waals surface area contributed by atoms with Gasteiger partial charge in [-0.25, -0.2) is 18.1 Å². The first kappa shape index (κ1) is 16.9. The SMILES string of the molecule is CCCNc1cc(S(=O)(=O)NCCN(C)CC)ccn1. The number of sulfonamides is 1. The summed E-state index contributed by atoms with van der Waals surface area (Å²) in [5.41, 5.74) is 0. The second-order valence-electron chi connectivity index (χ2n) is 4.60. The summed E-state index contributed by atoms with van der Waals surface area (Å²) in [5.74, 6) is 0.584. The molecule has 0 unspecified atom stereocenters. The van der Waals surface area contributed by atoms with Gasteiger partial charge in [0.15, 0.2) is 0 Å². The molecule has 0 bridgehead atoms. The average Bonchev–Trinajstić information content (AvgIpc) is 2.45. The van der Waals surface area contributed by atoms with Crippen molar-refractivity contribution in [2.75, 3.05) is 38.5 Å². The van der Waals surface area contributed by atoms with Crippen molar-refractivity contribution in [3.05, 3.63) is 18.3 Å². The van der Waals surface area contributed by atoms with E-state index in [0.29, 0.717) is 18.9 Å². The Morgan fingerprint density at radius 1 is 1.30 bits per heavy atom. The Bertz CT molecular complexity index is 505. The van der Waals surface area contributed by atoms with Crippen molar-refractivity contribution in [3.8, 4) is 0 Å². The van der Waals surface area contributed by atoms with E-state index in [2.05, 4.69) is 15.0 Å². The molecule has 20 heavy (non-hydrogen) atoms. The van der Waals surface area contributed by atoms with Gasteiger partial charge in [0.1, 0.15) is 5.82 Å². The predicted molar refractivity (Wildman–Crippen MR) is 81.4 cm³/mol. The number of pyridine rings is 1. The van der Waals surface area contributed by atoms with Crippen molar-refractivity contribution in [1.82, 2.24) is 14.6 Å². The number of aromatic nitrogens is 1. The standard InChI is InChI=1S/C13H24N4O2S/c1-4-7-14-13-11-12(6-8-15-13)20(18,19)16-9-10-17(3)5-2/h6,8,11,16H,4-5,7,9-10H2,1-3H3,(H,14,15). The quantitative estimate of drug-likeness (QED) is 0.715. The van der Waals surface area contributed by atoms with Crippen molar-refractivity contribution in [2.24, 2.45) is 0 Å². The van der Waals surface area contributed by atoms with Crippen molar-refractivity contribution >= 4 is 15.8 Å². The maximum atomic E-state index is 12.1. The molecule has 0 aliphatic carbocycles. The lowest BCUT2D eigenvalue weighted by Gasteiger charge is -2.14. The lowest BCUT2D eigenvalue weighted by molar-refractivity contribution is 0.358. The highest BCUT2D eigenvalue weighted by molar-refractivity contribution is 7.89. The third-order valence-corrected chi connectivity index (χ3v) is 4.38. The fourth-order valence-corrected chi connectivity index (χ4v) is 2.57. The van der Waals surface area contributed by atoms with Gasteiger partial charge in [0.25, 0.3) is 0 Å². The molecule has 1 aromatic rings. The highest BCUT2D eigenvalue weighted by atomic mass is 32.2. The molecule has 0 saturated heterocycles. The van der Waals surface area contributed by atoms with Crippen LogP contribution in [0.25, 0.3) is 0 Å². The van der Waals surface area contributed by atoms with Gasteiger partial charge in [0.2, 0.25) is 10.0 Å². The summed E-state index contributed by atoms with van der Waals surface area (Å²) in [7, 11) is -1.52. The van der Waals surface area contributed by atoms with E-state index in [4.69, 9.17) is 0 Å². The Kier molecular flexibility index (Phi) is 6.90. The second kappa shape index (κ2) is 8.18. The molecule has 0 radical (unpaired) electrons. The molecule has 0 spiro atoms. The van der Waals surface area contributed by atoms with Crippen LogP contribution < -0.4 is 10.0 Å². The smallest absolute Gasteiger partial charge is 0.240 e. The van der Waals surface area contributed by atoms with Crippen LogP contribution in [0.2, 0.25) is 0 Å². The lowest BCUT2D eigenvalue weighted by atomic mass is 10.4. The van der Waals surface area contributed by atoms with Gasteiger partial charge in [-0.15, -0.1) is 0 Å². The minimum atomic E-state index is -3.47. The first-order valence-corrected chi connectivity index (χ1v) is 8.36. The summed E-state index contributed by atoms with van der Waals surface area (Å²) < 4.78 is 26.9. The van der Waals surface area contributed by atoms with Crippen LogP contribution in [0.1, 0.15) is 20.3 Å². The zero-order valence-corrected chi connectivity index (χ0v) is 13.2. The van der Waals surface area contributed by atoms with E-state index in [1.54, 1.807) is 6.07 Å². The Morgan fingerprint density at radius 2 is 2.05 bits per heavy atom. The van der Waals surface area contributed by atoms with Crippen molar-refractivity contribution in [2.45, 2.75) is 25.2 Å². The van der Waals surface area contributed by atoms with E-state index < -0.39 is 10.0 Å². The molecule has 0 amide bonds. The van der Waals surface area contributed by atoms with Gasteiger partial charge in [-0.2, -0.15) is 0 Å². The normalized spacial score (nSPS) is 11.8. The van der Waals surface area contributed by atoms with Gasteiger partial charge in [-0.1, -0.05) is 13.8 Å². The van der Waals surface area contributed by atoms with Crippen LogP contribution in [0.3, 0.4) is 0 Å². The molecular weight excluding hydrogens is 276 g/mol. The predicted octanol–water partition coefficient (Wildman–Crippen LogP) is 1.13. The summed E-state index contributed by atoms with van der Waals surface area (Å²) in [6.07, 6.45) is 2.46. The molecule has 114 valence electrons. The molecule has 2 N–H and O–H groups in total.